The van der Waals surface area contributed by atoms with Crippen LogP contribution in [0.3, 0.4) is 0 Å². The van der Waals surface area contributed by atoms with Crippen molar-refractivity contribution in [3.63, 3.8) is 0 Å². The summed E-state index contributed by atoms with van der Waals surface area (Å²) in [6, 6.07) is 0.342. The third kappa shape index (κ3) is 2.52. The first kappa shape index (κ1) is 13.4. The van der Waals surface area contributed by atoms with Gasteiger partial charge in [0.1, 0.15) is 5.83 Å². The van der Waals surface area contributed by atoms with Crippen LogP contribution < -0.4 is 5.32 Å². The highest BCUT2D eigenvalue weighted by atomic mass is 19.1. The van der Waals surface area contributed by atoms with Crippen LogP contribution in [0.4, 0.5) is 4.39 Å². The molecule has 0 heterocycles. The largest absolute Gasteiger partial charge is 0.380 e. The van der Waals surface area contributed by atoms with Crippen LogP contribution in [0.25, 0.3) is 0 Å². The number of hydrogen-bond donors (Lipinski definition) is 1. The second-order valence-corrected chi connectivity index (χ2v) is 5.64. The van der Waals surface area contributed by atoms with Crippen LogP contribution in [0.5, 0.6) is 0 Å². The van der Waals surface area contributed by atoms with E-state index in [1.54, 1.807) is 6.92 Å². The Hall–Kier alpha value is -1.05. The van der Waals surface area contributed by atoms with Gasteiger partial charge in [0.05, 0.1) is 5.70 Å². The highest BCUT2D eigenvalue weighted by Crippen LogP contribution is 2.53. The lowest BCUT2D eigenvalue weighted by Gasteiger charge is -2.34. The van der Waals surface area contributed by atoms with Crippen LogP contribution in [0, 0.1) is 17.8 Å². The van der Waals surface area contributed by atoms with Crippen LogP contribution in [0.2, 0.25) is 0 Å². The Morgan fingerprint density at radius 2 is 2.11 bits per heavy atom. The average molecular weight is 249 g/mol. The molecule has 2 aliphatic carbocycles. The Labute approximate surface area is 110 Å². The lowest BCUT2D eigenvalue weighted by Crippen LogP contribution is -2.41. The first-order valence-electron chi connectivity index (χ1n) is 7.03. The van der Waals surface area contributed by atoms with Crippen LogP contribution in [0.1, 0.15) is 39.5 Å². The van der Waals surface area contributed by atoms with Crippen molar-refractivity contribution in [1.82, 2.24) is 5.32 Å². The molecule has 2 rings (SSSR count). The van der Waals surface area contributed by atoms with Gasteiger partial charge in [0.25, 0.3) is 0 Å². The molecular weight excluding hydrogens is 225 g/mol. The molecule has 0 saturated heterocycles. The second kappa shape index (κ2) is 5.29. The van der Waals surface area contributed by atoms with E-state index in [0.717, 1.165) is 12.3 Å². The molecule has 4 atom stereocenters. The van der Waals surface area contributed by atoms with Gasteiger partial charge in [0, 0.05) is 6.04 Å². The Morgan fingerprint density at radius 1 is 1.39 bits per heavy atom. The third-order valence-corrected chi connectivity index (χ3v) is 4.58. The number of rotatable bonds is 5. The average Bonchev–Trinajstić information content (AvgIpc) is 3.16. The zero-order valence-electron chi connectivity index (χ0n) is 11.5. The van der Waals surface area contributed by atoms with E-state index >= 15 is 0 Å². The fraction of sp³-hybridized carbons (Fsp3) is 0.625. The Morgan fingerprint density at radius 3 is 2.72 bits per heavy atom. The number of halogens is 1. The molecule has 0 amide bonds. The predicted molar refractivity (Wildman–Crippen MR) is 74.7 cm³/mol. The smallest absolute Gasteiger partial charge is 0.141 e. The summed E-state index contributed by atoms with van der Waals surface area (Å²) in [6.07, 6.45) is 6.27. The minimum absolute atomic E-state index is 0.237. The summed E-state index contributed by atoms with van der Waals surface area (Å²) in [7, 11) is 0. The maximum atomic E-state index is 13.5. The van der Waals surface area contributed by atoms with Gasteiger partial charge in [0.15, 0.2) is 0 Å². The van der Waals surface area contributed by atoms with Gasteiger partial charge < -0.3 is 5.32 Å². The Balaban J connectivity index is 2.07. The second-order valence-electron chi connectivity index (χ2n) is 5.64. The lowest BCUT2D eigenvalue weighted by atomic mass is 9.79. The van der Waals surface area contributed by atoms with E-state index < -0.39 is 0 Å². The summed E-state index contributed by atoms with van der Waals surface area (Å²) in [5, 5.41) is 3.33. The van der Waals surface area contributed by atoms with Gasteiger partial charge >= 0.3 is 0 Å². The molecule has 2 fully saturated rings. The maximum absolute atomic E-state index is 13.5. The fourth-order valence-electron chi connectivity index (χ4n) is 3.29. The van der Waals surface area contributed by atoms with E-state index in [0.29, 0.717) is 23.6 Å². The zero-order chi connectivity index (χ0) is 13.3. The molecule has 1 nitrogen and oxygen atoms in total. The molecule has 0 bridgehead atoms. The number of fused-ring (bicyclic) bond motifs is 1. The quantitative estimate of drug-likeness (QED) is 0.564. The van der Waals surface area contributed by atoms with E-state index in [-0.39, 0.29) is 5.83 Å². The summed E-state index contributed by atoms with van der Waals surface area (Å²) in [6.45, 7) is 11.9. The number of allylic oxidation sites excluding steroid dienone is 2. The maximum Gasteiger partial charge on any atom is 0.141 e. The van der Waals surface area contributed by atoms with Crippen molar-refractivity contribution in [2.24, 2.45) is 17.8 Å². The molecule has 2 saturated carbocycles. The Kier molecular flexibility index (Phi) is 3.94. The van der Waals surface area contributed by atoms with Gasteiger partial charge in [-0.15, -0.1) is 0 Å². The summed E-state index contributed by atoms with van der Waals surface area (Å²) < 4.78 is 13.5. The van der Waals surface area contributed by atoms with Gasteiger partial charge in [0.2, 0.25) is 0 Å². The standard InChI is InChI=1S/C16H24FN/c1-5-10(3)13-8-7-12-9-14(12)16(13)18-11(4)15(17)6-2/h6,12-14,16,18H,3-5,7-9H2,1-2H3/b15-6+. The highest BCUT2D eigenvalue weighted by molar-refractivity contribution is 5.23. The molecule has 0 radical (unpaired) electrons. The van der Waals surface area contributed by atoms with Gasteiger partial charge in [-0.05, 0) is 56.4 Å². The van der Waals surface area contributed by atoms with Gasteiger partial charge in [-0.3, -0.25) is 0 Å². The molecule has 0 spiro atoms. The van der Waals surface area contributed by atoms with E-state index in [1.807, 2.05) is 0 Å². The van der Waals surface area contributed by atoms with Crippen LogP contribution in [-0.4, -0.2) is 6.04 Å². The Bertz CT molecular complexity index is 383. The van der Waals surface area contributed by atoms with Crippen molar-refractivity contribution in [1.29, 1.82) is 0 Å². The van der Waals surface area contributed by atoms with Crippen molar-refractivity contribution < 1.29 is 4.39 Å². The van der Waals surface area contributed by atoms with Crippen LogP contribution in [0.15, 0.2) is 36.3 Å². The van der Waals surface area contributed by atoms with Crippen LogP contribution in [-0.2, 0) is 0 Å². The van der Waals surface area contributed by atoms with E-state index in [4.69, 9.17) is 0 Å². The molecule has 2 heteroatoms. The van der Waals surface area contributed by atoms with Gasteiger partial charge in [-0.1, -0.05) is 25.7 Å². The van der Waals surface area contributed by atoms with E-state index in [2.05, 4.69) is 25.4 Å². The molecule has 0 aromatic heterocycles. The monoisotopic (exact) mass is 249 g/mol. The highest BCUT2D eigenvalue weighted by Gasteiger charge is 2.49. The SMILES string of the molecule is C=C(NC1C(C(=C)CC)CCC2CC21)/C(F)=C\C. The normalized spacial score (nSPS) is 34.7. The molecule has 1 N–H and O–H groups in total. The number of nitrogens with one attached hydrogen (secondary N) is 1. The summed E-state index contributed by atoms with van der Waals surface area (Å²) >= 11 is 0. The van der Waals surface area contributed by atoms with E-state index in [9.17, 15) is 4.39 Å². The molecule has 100 valence electrons. The lowest BCUT2D eigenvalue weighted by molar-refractivity contribution is 0.290. The molecule has 0 aromatic rings. The molecule has 2 aliphatic rings. The number of hydrogen-bond acceptors (Lipinski definition) is 1. The van der Waals surface area contributed by atoms with Crippen molar-refractivity contribution >= 4 is 0 Å². The zero-order valence-corrected chi connectivity index (χ0v) is 11.5. The van der Waals surface area contributed by atoms with Crippen LogP contribution >= 0.6 is 0 Å². The van der Waals surface area contributed by atoms with Crippen molar-refractivity contribution in [2.75, 3.05) is 0 Å². The first-order valence-corrected chi connectivity index (χ1v) is 7.03. The third-order valence-electron chi connectivity index (χ3n) is 4.58. The minimum Gasteiger partial charge on any atom is -0.380 e. The fourth-order valence-corrected chi connectivity index (χ4v) is 3.29. The summed E-state index contributed by atoms with van der Waals surface area (Å²) in [4.78, 5) is 0. The molecular formula is C16H24FN. The van der Waals surface area contributed by atoms with E-state index in [1.165, 1.54) is 30.9 Å². The molecule has 0 aliphatic heterocycles. The molecule has 18 heavy (non-hydrogen) atoms. The first-order chi connectivity index (χ1) is 8.58. The summed E-state index contributed by atoms with van der Waals surface area (Å²) in [5.41, 5.74) is 1.73. The van der Waals surface area contributed by atoms with Crippen molar-refractivity contribution in [3.8, 4) is 0 Å². The summed E-state index contributed by atoms with van der Waals surface area (Å²) in [5.74, 6) is 1.80. The van der Waals surface area contributed by atoms with Gasteiger partial charge in [-0.2, -0.15) is 0 Å². The van der Waals surface area contributed by atoms with Gasteiger partial charge in [-0.25, -0.2) is 4.39 Å². The minimum atomic E-state index is -0.237. The topological polar surface area (TPSA) is 12.0 Å². The van der Waals surface area contributed by atoms with Crippen molar-refractivity contribution in [2.45, 2.75) is 45.6 Å². The predicted octanol–water partition coefficient (Wildman–Crippen LogP) is 4.34. The van der Waals surface area contributed by atoms with Crippen molar-refractivity contribution in [3.05, 3.63) is 36.3 Å². The molecule has 4 unspecified atom stereocenters. The molecule has 0 aromatic carbocycles.